The molecule has 0 fully saturated rings. The summed E-state index contributed by atoms with van der Waals surface area (Å²) < 4.78 is 51.1. The summed E-state index contributed by atoms with van der Waals surface area (Å²) in [4.78, 5) is 10.3. The Balaban J connectivity index is 3.20. The lowest BCUT2D eigenvalue weighted by molar-refractivity contribution is -0.120. The Hall–Kier alpha value is -1.74. The zero-order valence-electron chi connectivity index (χ0n) is 10.3. The summed E-state index contributed by atoms with van der Waals surface area (Å²) in [5, 5.41) is 2.23. The van der Waals surface area contributed by atoms with Crippen molar-refractivity contribution in [3.8, 4) is 0 Å². The SMILES string of the molecule is CNC(=O)CN(C)S(=O)(=O)c1cc(N)c(F)cc1F. The van der Waals surface area contributed by atoms with Crippen LogP contribution in [0.25, 0.3) is 0 Å². The number of nitrogen functional groups attached to an aromatic ring is 1. The van der Waals surface area contributed by atoms with Crippen molar-refractivity contribution in [1.29, 1.82) is 0 Å². The predicted octanol–water partition coefficient (Wildman–Crippen LogP) is -0.0865. The Morgan fingerprint density at radius 3 is 2.47 bits per heavy atom. The van der Waals surface area contributed by atoms with Crippen molar-refractivity contribution in [3.63, 3.8) is 0 Å². The number of anilines is 1. The molecule has 9 heteroatoms. The van der Waals surface area contributed by atoms with E-state index >= 15 is 0 Å². The van der Waals surface area contributed by atoms with Crippen LogP contribution in [0.3, 0.4) is 0 Å². The number of nitrogens with two attached hydrogens (primary N) is 1. The number of carbonyl (C=O) groups excluding carboxylic acids is 1. The largest absolute Gasteiger partial charge is 0.396 e. The van der Waals surface area contributed by atoms with Gasteiger partial charge in [0.2, 0.25) is 15.9 Å². The highest BCUT2D eigenvalue weighted by Crippen LogP contribution is 2.23. The summed E-state index contributed by atoms with van der Waals surface area (Å²) in [6.07, 6.45) is 0. The number of nitrogens with zero attached hydrogens (tertiary/aromatic N) is 1. The fourth-order valence-corrected chi connectivity index (χ4v) is 2.48. The van der Waals surface area contributed by atoms with E-state index in [9.17, 15) is 22.0 Å². The van der Waals surface area contributed by atoms with Crippen molar-refractivity contribution in [2.45, 2.75) is 4.90 Å². The fraction of sp³-hybridized carbons (Fsp3) is 0.300. The molecule has 0 aromatic heterocycles. The molecule has 6 nitrogen and oxygen atoms in total. The van der Waals surface area contributed by atoms with Gasteiger partial charge in [0.05, 0.1) is 12.2 Å². The molecule has 0 bridgehead atoms. The molecule has 1 aromatic carbocycles. The standard InChI is InChI=1S/C10H13F2N3O3S/c1-14-10(16)5-15(2)19(17,18)9-4-8(13)6(11)3-7(9)12/h3-4H,5,13H2,1-2H3,(H,14,16). The lowest BCUT2D eigenvalue weighted by Gasteiger charge is -2.17. The molecule has 0 spiro atoms. The van der Waals surface area contributed by atoms with E-state index in [2.05, 4.69) is 5.32 Å². The molecular formula is C10H13F2N3O3S. The molecule has 19 heavy (non-hydrogen) atoms. The van der Waals surface area contributed by atoms with Crippen molar-refractivity contribution in [2.24, 2.45) is 0 Å². The Bertz CT molecular complexity index is 604. The zero-order chi connectivity index (χ0) is 14.8. The third kappa shape index (κ3) is 3.18. The molecule has 0 saturated carbocycles. The van der Waals surface area contributed by atoms with Gasteiger partial charge in [-0.3, -0.25) is 4.79 Å². The molecule has 0 radical (unpaired) electrons. The maximum absolute atomic E-state index is 13.5. The lowest BCUT2D eigenvalue weighted by Crippen LogP contribution is -2.37. The highest BCUT2D eigenvalue weighted by atomic mass is 32.2. The number of amides is 1. The first-order valence-electron chi connectivity index (χ1n) is 5.11. The average Bonchev–Trinajstić information content (AvgIpc) is 2.33. The van der Waals surface area contributed by atoms with Gasteiger partial charge in [-0.1, -0.05) is 0 Å². The number of likely N-dealkylation sites (N-methyl/N-ethyl adjacent to an activating group) is 2. The first-order valence-corrected chi connectivity index (χ1v) is 6.55. The van der Waals surface area contributed by atoms with E-state index in [1.54, 1.807) is 0 Å². The van der Waals surface area contributed by atoms with Crippen molar-refractivity contribution in [3.05, 3.63) is 23.8 Å². The van der Waals surface area contributed by atoms with Crippen LogP contribution in [0.5, 0.6) is 0 Å². The molecule has 1 amide bonds. The number of carbonyl (C=O) groups is 1. The van der Waals surface area contributed by atoms with Gasteiger partial charge in [0.15, 0.2) is 0 Å². The smallest absolute Gasteiger partial charge is 0.246 e. The van der Waals surface area contributed by atoms with Gasteiger partial charge in [0, 0.05) is 20.2 Å². The summed E-state index contributed by atoms with van der Waals surface area (Å²) in [5.41, 5.74) is 4.72. The van der Waals surface area contributed by atoms with Crippen LogP contribution in [-0.2, 0) is 14.8 Å². The van der Waals surface area contributed by atoms with Crippen molar-refractivity contribution in [1.82, 2.24) is 9.62 Å². The summed E-state index contributed by atoms with van der Waals surface area (Å²) >= 11 is 0. The number of rotatable bonds is 4. The van der Waals surface area contributed by atoms with Crippen LogP contribution in [0.4, 0.5) is 14.5 Å². The van der Waals surface area contributed by atoms with Gasteiger partial charge < -0.3 is 11.1 Å². The van der Waals surface area contributed by atoms with Crippen LogP contribution < -0.4 is 11.1 Å². The molecule has 0 heterocycles. The van der Waals surface area contributed by atoms with Gasteiger partial charge >= 0.3 is 0 Å². The minimum absolute atomic E-state index is 0.385. The van der Waals surface area contributed by atoms with Gasteiger partial charge in [0.1, 0.15) is 16.5 Å². The quantitative estimate of drug-likeness (QED) is 0.759. The first-order chi connectivity index (χ1) is 8.70. The minimum Gasteiger partial charge on any atom is -0.396 e. The van der Waals surface area contributed by atoms with Crippen LogP contribution in [0.2, 0.25) is 0 Å². The van der Waals surface area contributed by atoms with Gasteiger partial charge in [0.25, 0.3) is 0 Å². The van der Waals surface area contributed by atoms with Crippen LogP contribution in [0.15, 0.2) is 17.0 Å². The van der Waals surface area contributed by atoms with Crippen molar-refractivity contribution < 1.29 is 22.0 Å². The number of halogens is 2. The summed E-state index contributed by atoms with van der Waals surface area (Å²) in [6.45, 7) is -0.491. The zero-order valence-corrected chi connectivity index (χ0v) is 11.1. The number of nitrogens with one attached hydrogen (secondary N) is 1. The Labute approximate surface area is 109 Å². The summed E-state index contributed by atoms with van der Waals surface area (Å²) in [5.74, 6) is -2.89. The molecule has 0 aliphatic carbocycles. The predicted molar refractivity (Wildman–Crippen MR) is 64.7 cm³/mol. The second-order valence-electron chi connectivity index (χ2n) is 3.74. The van der Waals surface area contributed by atoms with E-state index in [1.165, 1.54) is 7.05 Å². The molecule has 1 aromatic rings. The number of sulfonamides is 1. The summed E-state index contributed by atoms with van der Waals surface area (Å²) in [6, 6.07) is 1.07. The van der Waals surface area contributed by atoms with Crippen molar-refractivity contribution in [2.75, 3.05) is 26.4 Å². The van der Waals surface area contributed by atoms with Crippen molar-refractivity contribution >= 4 is 21.6 Å². The fourth-order valence-electron chi connectivity index (χ4n) is 1.28. The molecule has 106 valence electrons. The molecule has 0 saturated heterocycles. The van der Waals surface area contributed by atoms with E-state index in [-0.39, 0.29) is 0 Å². The van der Waals surface area contributed by atoms with Gasteiger partial charge in [-0.25, -0.2) is 17.2 Å². The Kier molecular flexibility index (Phi) is 4.43. The average molecular weight is 293 g/mol. The van der Waals surface area contributed by atoms with E-state index < -0.39 is 44.7 Å². The van der Waals surface area contributed by atoms with Crippen LogP contribution in [-0.4, -0.2) is 39.3 Å². The molecule has 3 N–H and O–H groups in total. The number of hydrogen-bond donors (Lipinski definition) is 2. The number of benzene rings is 1. The Morgan fingerprint density at radius 1 is 1.37 bits per heavy atom. The minimum atomic E-state index is -4.26. The molecule has 0 aliphatic heterocycles. The van der Waals surface area contributed by atoms with Gasteiger partial charge in [-0.15, -0.1) is 0 Å². The molecular weight excluding hydrogens is 280 g/mol. The normalized spacial score (nSPS) is 11.6. The monoisotopic (exact) mass is 293 g/mol. The van der Waals surface area contributed by atoms with Crippen LogP contribution in [0.1, 0.15) is 0 Å². The molecule has 0 atom stereocenters. The second kappa shape index (κ2) is 5.49. The van der Waals surface area contributed by atoms with Crippen LogP contribution >= 0.6 is 0 Å². The molecule has 0 aliphatic rings. The summed E-state index contributed by atoms with van der Waals surface area (Å²) in [7, 11) is -1.83. The van der Waals surface area contributed by atoms with Gasteiger partial charge in [-0.2, -0.15) is 4.31 Å². The maximum Gasteiger partial charge on any atom is 0.246 e. The van der Waals surface area contributed by atoms with E-state index in [1.807, 2.05) is 0 Å². The Morgan fingerprint density at radius 2 is 1.95 bits per heavy atom. The lowest BCUT2D eigenvalue weighted by atomic mass is 10.3. The third-order valence-corrected chi connectivity index (χ3v) is 4.20. The highest BCUT2D eigenvalue weighted by molar-refractivity contribution is 7.89. The third-order valence-electron chi connectivity index (χ3n) is 2.38. The van der Waals surface area contributed by atoms with E-state index in [0.29, 0.717) is 16.4 Å². The molecule has 0 unspecified atom stereocenters. The van der Waals surface area contributed by atoms with Crippen LogP contribution in [0, 0.1) is 11.6 Å². The highest BCUT2D eigenvalue weighted by Gasteiger charge is 2.27. The van der Waals surface area contributed by atoms with E-state index in [0.717, 1.165) is 7.05 Å². The maximum atomic E-state index is 13.5. The first kappa shape index (κ1) is 15.3. The second-order valence-corrected chi connectivity index (χ2v) is 5.75. The topological polar surface area (TPSA) is 92.5 Å². The van der Waals surface area contributed by atoms with E-state index in [4.69, 9.17) is 5.73 Å². The molecule has 1 rings (SSSR count). The number of hydrogen-bond acceptors (Lipinski definition) is 4. The van der Waals surface area contributed by atoms with Gasteiger partial charge in [-0.05, 0) is 6.07 Å².